The molecule has 0 radical (unpaired) electrons. The molecule has 0 fully saturated rings. The first-order chi connectivity index (χ1) is 9.06. The molecule has 1 aromatic carbocycles. The minimum Gasteiger partial charge on any atom is -0.399 e. The molecule has 0 aliphatic rings. The Morgan fingerprint density at radius 3 is 2.58 bits per heavy atom. The molecule has 1 unspecified atom stereocenters. The second kappa shape index (κ2) is 5.61. The van der Waals surface area contributed by atoms with Crippen LogP contribution in [0.25, 0.3) is 11.0 Å². The summed E-state index contributed by atoms with van der Waals surface area (Å²) >= 11 is 0. The summed E-state index contributed by atoms with van der Waals surface area (Å²) in [5.74, 6) is 1.33. The van der Waals surface area contributed by atoms with Gasteiger partial charge < -0.3 is 15.4 Å². The van der Waals surface area contributed by atoms with E-state index < -0.39 is 6.10 Å². The van der Waals surface area contributed by atoms with Crippen molar-refractivity contribution in [3.8, 4) is 0 Å². The van der Waals surface area contributed by atoms with Crippen molar-refractivity contribution < 1.29 is 5.11 Å². The van der Waals surface area contributed by atoms with E-state index in [4.69, 9.17) is 5.73 Å². The highest BCUT2D eigenvalue weighted by Crippen LogP contribution is 2.25. The number of benzene rings is 1. The molecule has 0 amide bonds. The van der Waals surface area contributed by atoms with Gasteiger partial charge in [-0.05, 0) is 31.0 Å². The van der Waals surface area contributed by atoms with Gasteiger partial charge in [0.1, 0.15) is 11.9 Å². The molecule has 2 rings (SSSR count). The van der Waals surface area contributed by atoms with Gasteiger partial charge in [0.05, 0.1) is 11.0 Å². The minimum absolute atomic E-state index is 0.567. The van der Waals surface area contributed by atoms with E-state index in [0.717, 1.165) is 36.2 Å². The minimum atomic E-state index is -0.567. The van der Waals surface area contributed by atoms with Crippen molar-refractivity contribution in [3.63, 3.8) is 0 Å². The number of aliphatic hydroxyl groups excluding tert-OH is 1. The third kappa shape index (κ3) is 2.73. The van der Waals surface area contributed by atoms with Gasteiger partial charge in [-0.1, -0.05) is 26.7 Å². The number of aromatic nitrogens is 2. The smallest absolute Gasteiger partial charge is 0.138 e. The van der Waals surface area contributed by atoms with Crippen LogP contribution in [-0.4, -0.2) is 14.7 Å². The van der Waals surface area contributed by atoms with Crippen LogP contribution in [0.15, 0.2) is 18.2 Å². The maximum absolute atomic E-state index is 9.92. The van der Waals surface area contributed by atoms with Gasteiger partial charge in [0, 0.05) is 12.2 Å². The Morgan fingerprint density at radius 2 is 2.00 bits per heavy atom. The predicted octanol–water partition coefficient (Wildman–Crippen LogP) is 3.11. The van der Waals surface area contributed by atoms with E-state index in [1.165, 1.54) is 0 Å². The third-order valence-corrected chi connectivity index (χ3v) is 3.77. The SMILES string of the molecule is CCC(CC)Cn1c(C(C)O)nc2cc(N)ccc21. The normalized spacial score (nSPS) is 13.3. The van der Waals surface area contributed by atoms with Crippen molar-refractivity contribution in [2.75, 3.05) is 5.73 Å². The Kier molecular flexibility index (Phi) is 4.10. The second-order valence-electron chi connectivity index (χ2n) is 5.19. The molecule has 4 nitrogen and oxygen atoms in total. The zero-order chi connectivity index (χ0) is 14.0. The summed E-state index contributed by atoms with van der Waals surface area (Å²) < 4.78 is 2.14. The standard InChI is InChI=1S/C15H23N3O/c1-4-11(5-2)9-18-14-7-6-12(16)8-13(14)17-15(18)10(3)19/h6-8,10-11,19H,4-5,9,16H2,1-3H3. The molecule has 0 aliphatic heterocycles. The highest BCUT2D eigenvalue weighted by atomic mass is 16.3. The lowest BCUT2D eigenvalue weighted by Crippen LogP contribution is -2.13. The molecular weight excluding hydrogens is 238 g/mol. The summed E-state index contributed by atoms with van der Waals surface area (Å²) in [5, 5.41) is 9.92. The number of fused-ring (bicyclic) bond motifs is 1. The van der Waals surface area contributed by atoms with Gasteiger partial charge in [0.15, 0.2) is 0 Å². The van der Waals surface area contributed by atoms with Crippen LogP contribution in [-0.2, 0) is 6.54 Å². The average Bonchev–Trinajstić information content (AvgIpc) is 2.73. The highest BCUT2D eigenvalue weighted by Gasteiger charge is 2.17. The molecular formula is C15H23N3O. The summed E-state index contributed by atoms with van der Waals surface area (Å²) in [7, 11) is 0. The third-order valence-electron chi connectivity index (χ3n) is 3.77. The number of hydrogen-bond acceptors (Lipinski definition) is 3. The van der Waals surface area contributed by atoms with Gasteiger partial charge in [-0.2, -0.15) is 0 Å². The Bertz CT molecular complexity index is 556. The first kappa shape index (κ1) is 13.9. The van der Waals surface area contributed by atoms with E-state index in [1.807, 2.05) is 18.2 Å². The highest BCUT2D eigenvalue weighted by molar-refractivity contribution is 5.79. The summed E-state index contributed by atoms with van der Waals surface area (Å²) in [6.07, 6.45) is 1.69. The number of nitrogens with zero attached hydrogens (tertiary/aromatic N) is 2. The van der Waals surface area contributed by atoms with Crippen LogP contribution in [0.5, 0.6) is 0 Å². The number of hydrogen-bond donors (Lipinski definition) is 2. The predicted molar refractivity (Wildman–Crippen MR) is 78.9 cm³/mol. The second-order valence-corrected chi connectivity index (χ2v) is 5.19. The Labute approximate surface area is 114 Å². The maximum atomic E-state index is 9.92. The van der Waals surface area contributed by atoms with Crippen LogP contribution in [0.1, 0.15) is 45.5 Å². The molecule has 1 heterocycles. The lowest BCUT2D eigenvalue weighted by Gasteiger charge is -2.17. The van der Waals surface area contributed by atoms with Crippen molar-refractivity contribution in [3.05, 3.63) is 24.0 Å². The van der Waals surface area contributed by atoms with Gasteiger partial charge in [-0.15, -0.1) is 0 Å². The van der Waals surface area contributed by atoms with Crippen LogP contribution in [0.2, 0.25) is 0 Å². The van der Waals surface area contributed by atoms with Crippen molar-refractivity contribution in [1.29, 1.82) is 0 Å². The molecule has 0 saturated heterocycles. The maximum Gasteiger partial charge on any atom is 0.138 e. The Balaban J connectivity index is 2.52. The molecule has 0 spiro atoms. The summed E-state index contributed by atoms with van der Waals surface area (Å²) in [6, 6.07) is 5.75. The van der Waals surface area contributed by atoms with Crippen LogP contribution in [0, 0.1) is 5.92 Å². The molecule has 0 bridgehead atoms. The number of nitrogens with two attached hydrogens (primary N) is 1. The van der Waals surface area contributed by atoms with Gasteiger partial charge >= 0.3 is 0 Å². The molecule has 4 heteroatoms. The zero-order valence-electron chi connectivity index (χ0n) is 11.9. The summed E-state index contributed by atoms with van der Waals surface area (Å²) in [6.45, 7) is 7.06. The van der Waals surface area contributed by atoms with Crippen LogP contribution >= 0.6 is 0 Å². The summed E-state index contributed by atoms with van der Waals surface area (Å²) in [4.78, 5) is 4.53. The number of nitrogen functional groups attached to an aromatic ring is 1. The molecule has 1 atom stereocenters. The lowest BCUT2D eigenvalue weighted by atomic mass is 10.0. The molecule has 0 saturated carbocycles. The van der Waals surface area contributed by atoms with Crippen molar-refractivity contribution in [1.82, 2.24) is 9.55 Å². The van der Waals surface area contributed by atoms with Crippen LogP contribution in [0.3, 0.4) is 0 Å². The number of imidazole rings is 1. The molecule has 1 aromatic heterocycles. The number of anilines is 1. The number of aliphatic hydroxyl groups is 1. The van der Waals surface area contributed by atoms with Crippen molar-refractivity contribution in [2.24, 2.45) is 5.92 Å². The Morgan fingerprint density at radius 1 is 1.32 bits per heavy atom. The summed E-state index contributed by atoms with van der Waals surface area (Å²) in [5.41, 5.74) is 8.42. The fraction of sp³-hybridized carbons (Fsp3) is 0.533. The zero-order valence-corrected chi connectivity index (χ0v) is 11.9. The van der Waals surface area contributed by atoms with Crippen LogP contribution in [0.4, 0.5) is 5.69 Å². The van der Waals surface area contributed by atoms with E-state index >= 15 is 0 Å². The fourth-order valence-corrected chi connectivity index (χ4v) is 2.48. The molecule has 0 aliphatic carbocycles. The van der Waals surface area contributed by atoms with E-state index in [9.17, 15) is 5.11 Å². The van der Waals surface area contributed by atoms with Gasteiger partial charge in [0.25, 0.3) is 0 Å². The fourth-order valence-electron chi connectivity index (χ4n) is 2.48. The van der Waals surface area contributed by atoms with E-state index in [1.54, 1.807) is 6.92 Å². The lowest BCUT2D eigenvalue weighted by molar-refractivity contribution is 0.182. The monoisotopic (exact) mass is 261 g/mol. The van der Waals surface area contributed by atoms with Crippen molar-refractivity contribution >= 4 is 16.7 Å². The average molecular weight is 261 g/mol. The quantitative estimate of drug-likeness (QED) is 0.813. The topological polar surface area (TPSA) is 64.1 Å². The van der Waals surface area contributed by atoms with Crippen LogP contribution < -0.4 is 5.73 Å². The Hall–Kier alpha value is -1.55. The molecule has 3 N–H and O–H groups in total. The molecule has 19 heavy (non-hydrogen) atoms. The van der Waals surface area contributed by atoms with E-state index in [0.29, 0.717) is 11.6 Å². The van der Waals surface area contributed by atoms with Gasteiger partial charge in [0.2, 0.25) is 0 Å². The molecule has 104 valence electrons. The first-order valence-electron chi connectivity index (χ1n) is 7.00. The van der Waals surface area contributed by atoms with E-state index in [-0.39, 0.29) is 0 Å². The number of rotatable bonds is 5. The van der Waals surface area contributed by atoms with Crippen molar-refractivity contribution in [2.45, 2.75) is 46.3 Å². The van der Waals surface area contributed by atoms with Gasteiger partial charge in [-0.3, -0.25) is 0 Å². The molecule has 2 aromatic rings. The van der Waals surface area contributed by atoms with Gasteiger partial charge in [-0.25, -0.2) is 4.98 Å². The largest absolute Gasteiger partial charge is 0.399 e. The van der Waals surface area contributed by atoms with E-state index in [2.05, 4.69) is 23.4 Å². The first-order valence-corrected chi connectivity index (χ1v) is 7.00.